The number of anilines is 2. The van der Waals surface area contributed by atoms with Crippen LogP contribution >= 0.6 is 11.6 Å². The van der Waals surface area contributed by atoms with Crippen molar-refractivity contribution in [2.75, 3.05) is 11.9 Å². The second-order valence-electron chi connectivity index (χ2n) is 9.87. The van der Waals surface area contributed by atoms with Crippen LogP contribution in [0.15, 0.2) is 61.1 Å². The minimum absolute atomic E-state index is 0.0337. The van der Waals surface area contributed by atoms with Gasteiger partial charge in [0.25, 0.3) is 0 Å². The summed E-state index contributed by atoms with van der Waals surface area (Å²) in [6.45, 7) is 5.82. The molecule has 0 radical (unpaired) electrons. The molecule has 14 heteroatoms. The van der Waals surface area contributed by atoms with E-state index in [0.29, 0.717) is 29.1 Å². The molecule has 0 saturated heterocycles. The average molecular weight is 595 g/mol. The Morgan fingerprint density at radius 1 is 1.12 bits per heavy atom. The number of nitrogens with zero attached hydrogens (tertiary/aromatic N) is 4. The van der Waals surface area contributed by atoms with Crippen LogP contribution in [0.2, 0.25) is 5.02 Å². The van der Waals surface area contributed by atoms with Gasteiger partial charge in [0.05, 0.1) is 10.5 Å². The molecule has 2 aromatic heterocycles. The first-order chi connectivity index (χ1) is 19.2. The molecule has 0 atom stereocenters. The third-order valence-electron chi connectivity index (χ3n) is 5.88. The predicted molar refractivity (Wildman–Crippen MR) is 142 cm³/mol. The van der Waals surface area contributed by atoms with Crippen molar-refractivity contribution in [3.8, 4) is 17.2 Å². The van der Waals surface area contributed by atoms with E-state index in [-0.39, 0.29) is 23.1 Å². The summed E-state index contributed by atoms with van der Waals surface area (Å²) in [4.78, 5) is 21.5. The number of nitrogens with one attached hydrogen (secondary N) is 1. The zero-order chi connectivity index (χ0) is 29.9. The van der Waals surface area contributed by atoms with Gasteiger partial charge in [0.1, 0.15) is 35.2 Å². The molecule has 0 unspecified atom stereocenters. The van der Waals surface area contributed by atoms with Crippen molar-refractivity contribution < 1.29 is 36.9 Å². The summed E-state index contributed by atoms with van der Waals surface area (Å²) in [5, 5.41) is 14.9. The van der Waals surface area contributed by atoms with E-state index in [9.17, 15) is 27.5 Å². The van der Waals surface area contributed by atoms with Crippen LogP contribution < -0.4 is 19.9 Å². The topological polar surface area (TPSA) is 105 Å². The molecule has 2 aromatic carbocycles. The van der Waals surface area contributed by atoms with Crippen LogP contribution in [0.1, 0.15) is 20.8 Å². The maximum atomic E-state index is 13.3. The van der Waals surface area contributed by atoms with Crippen LogP contribution in [0, 0.1) is 0 Å². The van der Waals surface area contributed by atoms with E-state index >= 15 is 0 Å². The number of fused-ring (bicyclic) bond motifs is 1. The molecule has 1 amide bonds. The number of carbonyl (C=O) groups is 1. The number of rotatable bonds is 10. The van der Waals surface area contributed by atoms with Crippen LogP contribution in [-0.4, -0.2) is 50.1 Å². The molecule has 0 aliphatic heterocycles. The van der Waals surface area contributed by atoms with Gasteiger partial charge in [-0.2, -0.15) is 17.6 Å². The molecule has 0 bridgehead atoms. The van der Waals surface area contributed by atoms with Gasteiger partial charge in [-0.1, -0.05) is 17.7 Å². The van der Waals surface area contributed by atoms with E-state index in [1.807, 2.05) is 4.57 Å². The molecule has 0 aliphatic carbocycles. The van der Waals surface area contributed by atoms with Gasteiger partial charge in [-0.15, -0.1) is 0 Å². The Bertz CT molecular complexity index is 1540. The molecule has 4 aromatic rings. The highest BCUT2D eigenvalue weighted by atomic mass is 35.5. The van der Waals surface area contributed by atoms with Gasteiger partial charge in [0.2, 0.25) is 0 Å². The smallest absolute Gasteiger partial charge is 0.461 e. The largest absolute Gasteiger partial charge is 0.530 e. The summed E-state index contributed by atoms with van der Waals surface area (Å²) in [7, 11) is 0. The summed E-state index contributed by atoms with van der Waals surface area (Å²) in [5.74, 6) is 0.121. The normalized spacial score (nSPS) is 12.0. The van der Waals surface area contributed by atoms with Crippen molar-refractivity contribution in [1.29, 1.82) is 0 Å². The van der Waals surface area contributed by atoms with Crippen LogP contribution in [0.25, 0.3) is 11.0 Å². The number of hydrogen-bond acceptors (Lipinski definition) is 7. The summed E-state index contributed by atoms with van der Waals surface area (Å²) < 4.78 is 63.0. The Balaban J connectivity index is 1.51. The third-order valence-corrected chi connectivity index (χ3v) is 6.18. The van der Waals surface area contributed by atoms with Crippen molar-refractivity contribution in [3.63, 3.8) is 0 Å². The maximum Gasteiger partial charge on any atom is 0.461 e. The Morgan fingerprint density at radius 3 is 2.51 bits per heavy atom. The fraction of sp³-hybridized carbons (Fsp3) is 0.296. The number of aromatic nitrogens is 3. The van der Waals surface area contributed by atoms with Crippen molar-refractivity contribution in [3.05, 3.63) is 66.1 Å². The van der Waals surface area contributed by atoms with Crippen molar-refractivity contribution in [1.82, 2.24) is 19.4 Å². The lowest BCUT2D eigenvalue weighted by atomic mass is 10.1. The monoisotopic (exact) mass is 594 g/mol. The van der Waals surface area contributed by atoms with Gasteiger partial charge >= 0.3 is 12.5 Å². The number of carboxylic acid groups (broad SMARTS) is 1. The highest BCUT2D eigenvalue weighted by molar-refractivity contribution is 6.32. The molecule has 0 saturated carbocycles. The van der Waals surface area contributed by atoms with Crippen molar-refractivity contribution in [2.24, 2.45) is 0 Å². The van der Waals surface area contributed by atoms with Crippen LogP contribution in [0.5, 0.6) is 17.2 Å². The molecular formula is C27H25ClF4N5O4-. The standard InChI is InChI=1S/C27H26ClF4N5O4/c1-26(2,3)37(25(38)39)12-11-36-10-9-20-22(36)23(34-15-33-20)35-16-7-8-21(19(28)13-16)40-17-5-4-6-18(14-17)41-27(31,32)24(29)30/h4-10,13-15,24H,11-12H2,1-3H3,(H,38,39)(H,33,34,35)/p-1. The summed E-state index contributed by atoms with van der Waals surface area (Å²) in [6.07, 6.45) is -6.77. The highest BCUT2D eigenvalue weighted by Crippen LogP contribution is 2.35. The number of ether oxygens (including phenoxy) is 2. The number of hydrogen-bond donors (Lipinski definition) is 1. The third kappa shape index (κ3) is 7.09. The van der Waals surface area contributed by atoms with Crippen molar-refractivity contribution >= 4 is 40.2 Å². The van der Waals surface area contributed by atoms with E-state index in [2.05, 4.69) is 20.0 Å². The number of amides is 1. The Labute approximate surface area is 237 Å². The second-order valence-corrected chi connectivity index (χ2v) is 10.3. The summed E-state index contributed by atoms with van der Waals surface area (Å²) in [5.41, 5.74) is 1.14. The zero-order valence-corrected chi connectivity index (χ0v) is 22.8. The number of halogens is 5. The minimum Gasteiger partial charge on any atom is -0.530 e. The molecule has 0 spiro atoms. The Morgan fingerprint density at radius 2 is 1.85 bits per heavy atom. The summed E-state index contributed by atoms with van der Waals surface area (Å²) in [6, 6.07) is 11.3. The lowest BCUT2D eigenvalue weighted by Crippen LogP contribution is -2.52. The predicted octanol–water partition coefficient (Wildman–Crippen LogP) is 6.30. The first kappa shape index (κ1) is 29.7. The molecule has 4 rings (SSSR count). The van der Waals surface area contributed by atoms with Gasteiger partial charge in [-0.25, -0.2) is 9.97 Å². The zero-order valence-electron chi connectivity index (χ0n) is 22.1. The average Bonchev–Trinajstić information content (AvgIpc) is 3.29. The van der Waals surface area contributed by atoms with Gasteiger partial charge in [-0.05, 0) is 57.2 Å². The number of carbonyl (C=O) groups excluding carboxylic acids is 1. The molecule has 0 fully saturated rings. The Hall–Kier alpha value is -4.26. The van der Waals surface area contributed by atoms with E-state index in [1.165, 1.54) is 29.4 Å². The fourth-order valence-electron chi connectivity index (χ4n) is 3.95. The second kappa shape index (κ2) is 11.7. The van der Waals surface area contributed by atoms with Crippen molar-refractivity contribution in [2.45, 2.75) is 45.4 Å². The van der Waals surface area contributed by atoms with Gasteiger partial charge in [0.15, 0.2) is 5.82 Å². The van der Waals surface area contributed by atoms with Crippen LogP contribution in [0.3, 0.4) is 0 Å². The molecule has 1 N–H and O–H groups in total. The first-order valence-corrected chi connectivity index (χ1v) is 12.6. The quantitative estimate of drug-likeness (QED) is 0.215. The fourth-order valence-corrected chi connectivity index (χ4v) is 4.17. The minimum atomic E-state index is -4.66. The summed E-state index contributed by atoms with van der Waals surface area (Å²) >= 11 is 6.40. The molecular weight excluding hydrogens is 570 g/mol. The molecule has 218 valence electrons. The SMILES string of the molecule is CC(C)(C)N(CCn1ccc2ncnc(Nc3ccc(Oc4cccc(OC(F)(F)C(F)F)c4)c(Cl)c3)c21)C(=O)[O-]. The lowest BCUT2D eigenvalue weighted by Gasteiger charge is -2.38. The van der Waals surface area contributed by atoms with Crippen LogP contribution in [0.4, 0.5) is 33.9 Å². The molecule has 0 aliphatic rings. The number of alkyl halides is 4. The van der Waals surface area contributed by atoms with E-state index in [1.54, 1.807) is 45.2 Å². The van der Waals surface area contributed by atoms with Gasteiger partial charge in [0, 0.05) is 36.6 Å². The highest BCUT2D eigenvalue weighted by Gasteiger charge is 2.44. The Kier molecular flexibility index (Phi) is 8.47. The number of benzene rings is 2. The molecule has 2 heterocycles. The van der Waals surface area contributed by atoms with E-state index < -0.39 is 29.9 Å². The van der Waals surface area contributed by atoms with E-state index in [0.717, 1.165) is 12.1 Å². The lowest BCUT2D eigenvalue weighted by molar-refractivity contribution is -0.270. The molecule has 9 nitrogen and oxygen atoms in total. The van der Waals surface area contributed by atoms with Gasteiger partial charge < -0.3 is 34.2 Å². The first-order valence-electron chi connectivity index (χ1n) is 12.2. The van der Waals surface area contributed by atoms with E-state index in [4.69, 9.17) is 16.3 Å². The maximum absolute atomic E-state index is 13.3. The molecule has 41 heavy (non-hydrogen) atoms. The van der Waals surface area contributed by atoms with Crippen LogP contribution in [-0.2, 0) is 6.54 Å². The van der Waals surface area contributed by atoms with Gasteiger partial charge in [-0.3, -0.25) is 0 Å².